The van der Waals surface area contributed by atoms with Gasteiger partial charge < -0.3 is 11.1 Å². The number of nitrogens with zero attached hydrogens (tertiary/aromatic N) is 1. The Kier molecular flexibility index (Phi) is 2.38. The zero-order valence-corrected chi connectivity index (χ0v) is 8.70. The molecule has 0 saturated carbocycles. The summed E-state index contributed by atoms with van der Waals surface area (Å²) in [5, 5.41) is 3.40. The van der Waals surface area contributed by atoms with Crippen LogP contribution in [0.15, 0.2) is 42.4 Å². The number of dihydropyridines is 1. The first kappa shape index (κ1) is 10.0. The van der Waals surface area contributed by atoms with Gasteiger partial charge in [0.15, 0.2) is 5.66 Å². The number of aromatic nitrogens is 1. The maximum Gasteiger partial charge on any atom is 0.153 e. The Hall–Kier alpha value is -1.52. The van der Waals surface area contributed by atoms with E-state index < -0.39 is 5.66 Å². The molecule has 78 valence electrons. The third kappa shape index (κ3) is 1.69. The van der Waals surface area contributed by atoms with Gasteiger partial charge in [-0.2, -0.15) is 0 Å². The highest BCUT2D eigenvalue weighted by molar-refractivity contribution is 6.29. The van der Waals surface area contributed by atoms with Gasteiger partial charge in [0.2, 0.25) is 0 Å². The van der Waals surface area contributed by atoms with Gasteiger partial charge in [-0.1, -0.05) is 11.6 Å². The van der Waals surface area contributed by atoms with E-state index in [4.69, 9.17) is 23.1 Å². The molecule has 0 aromatic carbocycles. The maximum atomic E-state index is 6.15. The highest BCUT2D eigenvalue weighted by Crippen LogP contribution is 2.24. The smallest absolute Gasteiger partial charge is 0.153 e. The second-order valence-electron chi connectivity index (χ2n) is 3.30. The van der Waals surface area contributed by atoms with Crippen molar-refractivity contribution in [1.29, 1.82) is 0 Å². The highest BCUT2D eigenvalue weighted by Gasteiger charge is 2.30. The lowest BCUT2D eigenvalue weighted by atomic mass is 9.96. The highest BCUT2D eigenvalue weighted by atomic mass is 35.5. The fourth-order valence-electron chi connectivity index (χ4n) is 1.44. The van der Waals surface area contributed by atoms with Crippen LogP contribution in [0.5, 0.6) is 0 Å². The maximum absolute atomic E-state index is 6.15. The van der Waals surface area contributed by atoms with Crippen LogP contribution in [0.25, 0.3) is 0 Å². The topological polar surface area (TPSA) is 77.0 Å². The van der Waals surface area contributed by atoms with Gasteiger partial charge in [-0.15, -0.1) is 0 Å². The molecule has 1 unspecified atom stereocenters. The van der Waals surface area contributed by atoms with Crippen molar-refractivity contribution in [3.63, 3.8) is 0 Å². The zero-order chi connectivity index (χ0) is 10.9. The number of allylic oxidation sites excluding steroid dienone is 2. The lowest BCUT2D eigenvalue weighted by Gasteiger charge is -2.32. The SMILES string of the molecule is NC1=CC=CNC1(N)c1ccnc(Cl)c1. The summed E-state index contributed by atoms with van der Waals surface area (Å²) in [6.45, 7) is 0. The van der Waals surface area contributed by atoms with Crippen LogP contribution in [0, 0.1) is 0 Å². The zero-order valence-electron chi connectivity index (χ0n) is 7.94. The van der Waals surface area contributed by atoms with Crippen molar-refractivity contribution in [2.75, 3.05) is 0 Å². The van der Waals surface area contributed by atoms with E-state index >= 15 is 0 Å². The van der Waals surface area contributed by atoms with Gasteiger partial charge in [0.05, 0.1) is 5.70 Å². The molecule has 2 rings (SSSR count). The molecule has 5 heteroatoms. The van der Waals surface area contributed by atoms with Gasteiger partial charge in [-0.25, -0.2) is 4.98 Å². The van der Waals surface area contributed by atoms with E-state index in [1.165, 1.54) is 0 Å². The lowest BCUT2D eigenvalue weighted by molar-refractivity contribution is 0.456. The molecule has 0 fully saturated rings. The number of rotatable bonds is 1. The first-order chi connectivity index (χ1) is 7.13. The Labute approximate surface area is 92.6 Å². The van der Waals surface area contributed by atoms with Crippen LogP contribution in [-0.4, -0.2) is 4.98 Å². The second-order valence-corrected chi connectivity index (χ2v) is 3.69. The van der Waals surface area contributed by atoms with Crippen molar-refractivity contribution in [2.24, 2.45) is 11.5 Å². The predicted octanol–water partition coefficient (Wildman–Crippen LogP) is 0.806. The molecular weight excluding hydrogens is 212 g/mol. The number of nitrogens with one attached hydrogen (secondary N) is 1. The Morgan fingerprint density at radius 2 is 2.27 bits per heavy atom. The van der Waals surface area contributed by atoms with Gasteiger partial charge >= 0.3 is 0 Å². The third-order valence-corrected chi connectivity index (χ3v) is 2.53. The minimum absolute atomic E-state index is 0.390. The summed E-state index contributed by atoms with van der Waals surface area (Å²) in [7, 11) is 0. The van der Waals surface area contributed by atoms with Crippen molar-refractivity contribution in [3.05, 3.63) is 53.1 Å². The third-order valence-electron chi connectivity index (χ3n) is 2.32. The second kappa shape index (κ2) is 3.56. The van der Waals surface area contributed by atoms with Gasteiger partial charge in [0.1, 0.15) is 5.15 Å². The fourth-order valence-corrected chi connectivity index (χ4v) is 1.62. The molecule has 4 nitrogen and oxygen atoms in total. The Bertz CT molecular complexity index is 441. The summed E-state index contributed by atoms with van der Waals surface area (Å²) >= 11 is 5.80. The Morgan fingerprint density at radius 1 is 1.47 bits per heavy atom. The molecule has 0 aliphatic carbocycles. The van der Waals surface area contributed by atoms with Gasteiger partial charge in [0, 0.05) is 11.8 Å². The number of halogens is 1. The summed E-state index contributed by atoms with van der Waals surface area (Å²) in [5.74, 6) is 0. The van der Waals surface area contributed by atoms with Gasteiger partial charge in [-0.05, 0) is 30.5 Å². The van der Waals surface area contributed by atoms with Gasteiger partial charge in [-0.3, -0.25) is 5.73 Å². The largest absolute Gasteiger partial charge is 0.399 e. The number of hydrogen-bond donors (Lipinski definition) is 3. The standard InChI is InChI=1S/C10H11ClN4/c11-9-6-7(3-5-14-9)10(13)8(12)2-1-4-15-10/h1-6,15H,12-13H2. The van der Waals surface area contributed by atoms with E-state index in [0.717, 1.165) is 5.56 Å². The van der Waals surface area contributed by atoms with Crippen LogP contribution < -0.4 is 16.8 Å². The first-order valence-corrected chi connectivity index (χ1v) is 4.82. The average molecular weight is 223 g/mol. The molecule has 0 saturated heterocycles. The van der Waals surface area contributed by atoms with E-state index in [1.807, 2.05) is 0 Å². The van der Waals surface area contributed by atoms with E-state index in [2.05, 4.69) is 10.3 Å². The van der Waals surface area contributed by atoms with Crippen molar-refractivity contribution in [2.45, 2.75) is 5.66 Å². The van der Waals surface area contributed by atoms with Crippen molar-refractivity contribution in [3.8, 4) is 0 Å². The minimum Gasteiger partial charge on any atom is -0.399 e. The molecule has 1 aromatic heterocycles. The molecule has 0 bridgehead atoms. The van der Waals surface area contributed by atoms with E-state index in [0.29, 0.717) is 10.9 Å². The lowest BCUT2D eigenvalue weighted by Crippen LogP contribution is -2.53. The molecule has 0 radical (unpaired) electrons. The fraction of sp³-hybridized carbons (Fsp3) is 0.100. The Balaban J connectivity index is 2.46. The molecular formula is C10H11ClN4. The molecule has 1 atom stereocenters. The number of pyridine rings is 1. The number of hydrogen-bond acceptors (Lipinski definition) is 4. The summed E-state index contributed by atoms with van der Waals surface area (Å²) in [4.78, 5) is 3.89. The molecule has 0 spiro atoms. The summed E-state index contributed by atoms with van der Waals surface area (Å²) in [5.41, 5.74) is 12.4. The van der Waals surface area contributed by atoms with Crippen molar-refractivity contribution < 1.29 is 0 Å². The molecule has 2 heterocycles. The molecule has 1 aromatic rings. The van der Waals surface area contributed by atoms with Crippen LogP contribution in [-0.2, 0) is 5.66 Å². The molecule has 1 aliphatic rings. The van der Waals surface area contributed by atoms with Crippen molar-refractivity contribution >= 4 is 11.6 Å². The van der Waals surface area contributed by atoms with E-state index in [-0.39, 0.29) is 0 Å². The van der Waals surface area contributed by atoms with Crippen LogP contribution in [0.3, 0.4) is 0 Å². The molecule has 15 heavy (non-hydrogen) atoms. The quantitative estimate of drug-likeness (QED) is 0.615. The van der Waals surface area contributed by atoms with Crippen LogP contribution in [0.4, 0.5) is 0 Å². The van der Waals surface area contributed by atoms with E-state index in [9.17, 15) is 0 Å². The van der Waals surface area contributed by atoms with Crippen LogP contribution >= 0.6 is 11.6 Å². The summed E-state index contributed by atoms with van der Waals surface area (Å²) in [6.07, 6.45) is 6.89. The Morgan fingerprint density at radius 3 is 2.93 bits per heavy atom. The monoisotopic (exact) mass is 222 g/mol. The van der Waals surface area contributed by atoms with Gasteiger partial charge in [0.25, 0.3) is 0 Å². The number of nitrogens with two attached hydrogens (primary N) is 2. The van der Waals surface area contributed by atoms with Crippen LogP contribution in [0.2, 0.25) is 5.15 Å². The molecule has 0 amide bonds. The predicted molar refractivity (Wildman–Crippen MR) is 59.7 cm³/mol. The summed E-state index contributed by atoms with van der Waals surface area (Å²) < 4.78 is 0. The normalized spacial score (nSPS) is 24.5. The van der Waals surface area contributed by atoms with Crippen LogP contribution in [0.1, 0.15) is 5.56 Å². The first-order valence-electron chi connectivity index (χ1n) is 4.44. The molecule has 1 aliphatic heterocycles. The van der Waals surface area contributed by atoms with E-state index in [1.54, 1.807) is 36.7 Å². The molecule has 5 N–H and O–H groups in total. The average Bonchev–Trinajstić information content (AvgIpc) is 2.23. The summed E-state index contributed by atoms with van der Waals surface area (Å²) in [6, 6.07) is 3.47. The van der Waals surface area contributed by atoms with Crippen molar-refractivity contribution in [1.82, 2.24) is 10.3 Å². The minimum atomic E-state index is -0.901.